The molecule has 0 bridgehead atoms. The zero-order valence-corrected chi connectivity index (χ0v) is 14.8. The Morgan fingerprint density at radius 1 is 1.19 bits per heavy atom. The lowest BCUT2D eigenvalue weighted by molar-refractivity contribution is -0.118. The molecule has 0 spiro atoms. The van der Waals surface area contributed by atoms with Gasteiger partial charge in [-0.1, -0.05) is 24.3 Å². The lowest BCUT2D eigenvalue weighted by Gasteiger charge is -2.08. The van der Waals surface area contributed by atoms with Crippen molar-refractivity contribution in [1.29, 1.82) is 0 Å². The van der Waals surface area contributed by atoms with Gasteiger partial charge < -0.3 is 10.1 Å². The third kappa shape index (κ3) is 4.73. The van der Waals surface area contributed by atoms with E-state index in [0.717, 1.165) is 17.3 Å². The zero-order chi connectivity index (χ0) is 18.5. The number of rotatable bonds is 5. The molecule has 2 N–H and O–H groups in total. The molecule has 1 aliphatic heterocycles. The molecule has 2 aromatic carbocycles. The van der Waals surface area contributed by atoms with Crippen LogP contribution in [-0.2, 0) is 9.59 Å². The van der Waals surface area contributed by atoms with Gasteiger partial charge in [-0.25, -0.2) is 0 Å². The number of amides is 3. The second kappa shape index (κ2) is 7.88. The average molecular weight is 368 g/mol. The second-order valence-electron chi connectivity index (χ2n) is 5.63. The van der Waals surface area contributed by atoms with E-state index in [4.69, 9.17) is 4.74 Å². The molecule has 3 amide bonds. The number of carbonyl (C=O) groups is 3. The predicted molar refractivity (Wildman–Crippen MR) is 101 cm³/mol. The summed E-state index contributed by atoms with van der Waals surface area (Å²) in [5.41, 5.74) is 2.47. The van der Waals surface area contributed by atoms with Gasteiger partial charge in [0.1, 0.15) is 5.75 Å². The number of thioether (sulfide) groups is 1. The van der Waals surface area contributed by atoms with E-state index >= 15 is 0 Å². The number of anilines is 1. The first-order chi connectivity index (χ1) is 12.5. The minimum absolute atomic E-state index is 0.137. The summed E-state index contributed by atoms with van der Waals surface area (Å²) < 4.78 is 5.51. The first kappa shape index (κ1) is 17.8. The molecule has 0 atom stereocenters. The highest BCUT2D eigenvalue weighted by Gasteiger charge is 2.24. The van der Waals surface area contributed by atoms with Crippen molar-refractivity contribution in [2.45, 2.75) is 6.92 Å². The minimum Gasteiger partial charge on any atom is -0.484 e. The average Bonchev–Trinajstić information content (AvgIpc) is 2.91. The molecule has 3 rings (SSSR count). The lowest BCUT2D eigenvalue weighted by atomic mass is 10.2. The molecule has 1 saturated heterocycles. The fourth-order valence-electron chi connectivity index (χ4n) is 2.34. The summed E-state index contributed by atoms with van der Waals surface area (Å²) in [5.74, 6) is -0.187. The van der Waals surface area contributed by atoms with Crippen molar-refractivity contribution in [3.05, 3.63) is 64.6 Å². The van der Waals surface area contributed by atoms with E-state index in [1.807, 2.05) is 31.2 Å². The second-order valence-corrected chi connectivity index (χ2v) is 6.65. The van der Waals surface area contributed by atoms with E-state index < -0.39 is 5.91 Å². The maximum absolute atomic E-state index is 12.0. The van der Waals surface area contributed by atoms with Crippen molar-refractivity contribution in [2.75, 3.05) is 11.9 Å². The van der Waals surface area contributed by atoms with Crippen LogP contribution in [-0.4, -0.2) is 23.7 Å². The van der Waals surface area contributed by atoms with Crippen LogP contribution in [0, 0.1) is 6.92 Å². The zero-order valence-electron chi connectivity index (χ0n) is 13.9. The summed E-state index contributed by atoms with van der Waals surface area (Å²) in [6.45, 7) is 1.81. The van der Waals surface area contributed by atoms with Crippen molar-refractivity contribution >= 4 is 40.6 Å². The van der Waals surface area contributed by atoms with E-state index in [9.17, 15) is 14.4 Å². The Morgan fingerprint density at radius 2 is 2.00 bits per heavy atom. The number of benzene rings is 2. The van der Waals surface area contributed by atoms with E-state index in [0.29, 0.717) is 21.9 Å². The van der Waals surface area contributed by atoms with Crippen LogP contribution in [0.1, 0.15) is 11.1 Å². The summed E-state index contributed by atoms with van der Waals surface area (Å²) in [6.07, 6.45) is 1.60. The van der Waals surface area contributed by atoms with Gasteiger partial charge in [0.15, 0.2) is 6.61 Å². The summed E-state index contributed by atoms with van der Waals surface area (Å²) in [4.78, 5) is 35.1. The highest BCUT2D eigenvalue weighted by atomic mass is 32.2. The van der Waals surface area contributed by atoms with Gasteiger partial charge in [0.25, 0.3) is 17.1 Å². The molecular formula is C19H16N2O4S. The lowest BCUT2D eigenvalue weighted by Crippen LogP contribution is -2.20. The summed E-state index contributed by atoms with van der Waals surface area (Å²) in [6, 6.07) is 14.4. The maximum Gasteiger partial charge on any atom is 0.290 e. The molecular weight excluding hydrogens is 352 g/mol. The van der Waals surface area contributed by atoms with Crippen molar-refractivity contribution < 1.29 is 19.1 Å². The van der Waals surface area contributed by atoms with E-state index in [1.54, 1.807) is 30.3 Å². The molecule has 6 nitrogen and oxygen atoms in total. The number of hydrogen-bond acceptors (Lipinski definition) is 5. The van der Waals surface area contributed by atoms with Gasteiger partial charge in [0.05, 0.1) is 4.91 Å². The fraction of sp³-hybridized carbons (Fsp3) is 0.105. The van der Waals surface area contributed by atoms with Gasteiger partial charge in [-0.2, -0.15) is 0 Å². The largest absolute Gasteiger partial charge is 0.484 e. The number of aryl methyl sites for hydroxylation is 1. The SMILES string of the molecule is Cc1cccc(NC(=O)COc2cccc(/C=C3\SC(=O)NC3=O)c2)c1. The Bertz CT molecular complexity index is 908. The Morgan fingerprint density at radius 3 is 2.73 bits per heavy atom. The summed E-state index contributed by atoms with van der Waals surface area (Å²) >= 11 is 0.852. The molecule has 7 heteroatoms. The number of imide groups is 1. The Kier molecular flexibility index (Phi) is 5.38. The van der Waals surface area contributed by atoms with Crippen LogP contribution in [0.3, 0.4) is 0 Å². The van der Waals surface area contributed by atoms with Gasteiger partial charge in [-0.05, 0) is 60.2 Å². The van der Waals surface area contributed by atoms with Crippen LogP contribution in [0.25, 0.3) is 6.08 Å². The van der Waals surface area contributed by atoms with Crippen molar-refractivity contribution in [3.8, 4) is 5.75 Å². The maximum atomic E-state index is 12.0. The van der Waals surface area contributed by atoms with Crippen LogP contribution >= 0.6 is 11.8 Å². The molecule has 1 fully saturated rings. The highest BCUT2D eigenvalue weighted by Crippen LogP contribution is 2.26. The molecule has 0 aliphatic carbocycles. The summed E-state index contributed by atoms with van der Waals surface area (Å²) in [7, 11) is 0. The molecule has 0 saturated carbocycles. The topological polar surface area (TPSA) is 84.5 Å². The highest BCUT2D eigenvalue weighted by molar-refractivity contribution is 8.18. The van der Waals surface area contributed by atoms with Crippen molar-refractivity contribution in [2.24, 2.45) is 0 Å². The quantitative estimate of drug-likeness (QED) is 0.791. The van der Waals surface area contributed by atoms with Crippen LogP contribution in [0.5, 0.6) is 5.75 Å². The first-order valence-electron chi connectivity index (χ1n) is 7.84. The third-order valence-corrected chi connectivity index (χ3v) is 4.28. The first-order valence-corrected chi connectivity index (χ1v) is 8.65. The van der Waals surface area contributed by atoms with Crippen LogP contribution in [0.15, 0.2) is 53.4 Å². The van der Waals surface area contributed by atoms with Gasteiger partial charge in [-0.3, -0.25) is 19.7 Å². The monoisotopic (exact) mass is 368 g/mol. The Hall–Kier alpha value is -3.06. The molecule has 0 unspecified atom stereocenters. The van der Waals surface area contributed by atoms with Gasteiger partial charge in [0.2, 0.25) is 0 Å². The molecule has 0 radical (unpaired) electrons. The van der Waals surface area contributed by atoms with Crippen LogP contribution < -0.4 is 15.4 Å². The summed E-state index contributed by atoms with van der Waals surface area (Å²) in [5, 5.41) is 4.58. The van der Waals surface area contributed by atoms with Gasteiger partial charge in [0, 0.05) is 5.69 Å². The van der Waals surface area contributed by atoms with E-state index in [-0.39, 0.29) is 17.8 Å². The number of nitrogens with one attached hydrogen (secondary N) is 2. The molecule has 132 valence electrons. The third-order valence-electron chi connectivity index (χ3n) is 3.47. The van der Waals surface area contributed by atoms with E-state index in [2.05, 4.69) is 10.6 Å². The van der Waals surface area contributed by atoms with Crippen LogP contribution in [0.4, 0.5) is 10.5 Å². The smallest absolute Gasteiger partial charge is 0.290 e. The number of carbonyl (C=O) groups excluding carboxylic acids is 3. The molecule has 2 aromatic rings. The predicted octanol–water partition coefficient (Wildman–Crippen LogP) is 3.34. The van der Waals surface area contributed by atoms with E-state index in [1.165, 1.54) is 0 Å². The molecule has 1 aliphatic rings. The molecule has 0 aromatic heterocycles. The van der Waals surface area contributed by atoms with Gasteiger partial charge in [-0.15, -0.1) is 0 Å². The van der Waals surface area contributed by atoms with Crippen molar-refractivity contribution in [1.82, 2.24) is 5.32 Å². The van der Waals surface area contributed by atoms with Crippen LogP contribution in [0.2, 0.25) is 0 Å². The minimum atomic E-state index is -0.413. The number of hydrogen-bond donors (Lipinski definition) is 2. The molecule has 26 heavy (non-hydrogen) atoms. The van der Waals surface area contributed by atoms with Gasteiger partial charge >= 0.3 is 0 Å². The fourth-order valence-corrected chi connectivity index (χ4v) is 3.02. The van der Waals surface area contributed by atoms with Crippen molar-refractivity contribution in [3.63, 3.8) is 0 Å². The Balaban J connectivity index is 1.60. The Labute approximate surface area is 154 Å². The normalized spacial score (nSPS) is 15.0. The molecule has 1 heterocycles. The standard InChI is InChI=1S/C19H16N2O4S/c1-12-4-2-6-14(8-12)20-17(22)11-25-15-7-3-5-13(9-15)10-16-18(23)21-19(24)26-16/h2-10H,11H2,1H3,(H,20,22)(H,21,23,24)/b16-10-. The number of ether oxygens (including phenoxy) is 1.